The summed E-state index contributed by atoms with van der Waals surface area (Å²) in [5, 5.41) is 8.52. The quantitative estimate of drug-likeness (QED) is 0.666. The van der Waals surface area contributed by atoms with Crippen molar-refractivity contribution in [3.05, 3.63) is 0 Å². The van der Waals surface area contributed by atoms with Crippen LogP contribution in [0.15, 0.2) is 0 Å². The van der Waals surface area contributed by atoms with Gasteiger partial charge in [-0.1, -0.05) is 6.92 Å². The number of hydrogen-bond donors (Lipinski definition) is 1. The van der Waals surface area contributed by atoms with E-state index in [1.807, 2.05) is 6.92 Å². The largest absolute Gasteiger partial charge is 0.395 e. The molecule has 5 heteroatoms. The highest BCUT2D eigenvalue weighted by atomic mass is 32.2. The van der Waals surface area contributed by atoms with Crippen molar-refractivity contribution in [2.75, 3.05) is 25.4 Å². The van der Waals surface area contributed by atoms with Crippen LogP contribution in [0.2, 0.25) is 0 Å². The first-order valence-corrected chi connectivity index (χ1v) is 5.76. The second-order valence-electron chi connectivity index (χ2n) is 3.29. The Labute approximate surface area is 73.2 Å². The molecule has 1 heterocycles. The maximum absolute atomic E-state index is 11.3. The Kier molecular flexibility index (Phi) is 3.09. The van der Waals surface area contributed by atoms with E-state index in [0.717, 1.165) is 6.42 Å². The fourth-order valence-electron chi connectivity index (χ4n) is 1.39. The molecule has 72 valence electrons. The molecule has 0 amide bonds. The van der Waals surface area contributed by atoms with Gasteiger partial charge in [-0.15, -0.1) is 0 Å². The minimum absolute atomic E-state index is 0.139. The van der Waals surface area contributed by atoms with Crippen LogP contribution in [-0.2, 0) is 10.0 Å². The topological polar surface area (TPSA) is 57.6 Å². The standard InChI is InChI=1S/C7H15NO3S/c1-7-2-3-8(6-7)12(10,11)5-4-9/h7,9H,2-6H2,1H3. The van der Waals surface area contributed by atoms with Gasteiger partial charge in [-0.3, -0.25) is 0 Å². The Balaban J connectivity index is 2.58. The molecular weight excluding hydrogens is 178 g/mol. The minimum Gasteiger partial charge on any atom is -0.395 e. The summed E-state index contributed by atoms with van der Waals surface area (Å²) >= 11 is 0. The minimum atomic E-state index is -3.16. The Morgan fingerprint density at radius 1 is 1.58 bits per heavy atom. The van der Waals surface area contributed by atoms with E-state index in [2.05, 4.69) is 0 Å². The van der Waals surface area contributed by atoms with Gasteiger partial charge in [0.05, 0.1) is 12.4 Å². The van der Waals surface area contributed by atoms with E-state index in [-0.39, 0.29) is 12.4 Å². The maximum atomic E-state index is 11.3. The predicted octanol–water partition coefficient (Wildman–Crippen LogP) is -0.350. The molecule has 0 saturated carbocycles. The SMILES string of the molecule is CC1CCN(S(=O)(=O)CCO)C1. The number of aliphatic hydroxyl groups excluding tert-OH is 1. The number of nitrogens with zero attached hydrogens (tertiary/aromatic N) is 1. The molecule has 1 saturated heterocycles. The second kappa shape index (κ2) is 3.72. The van der Waals surface area contributed by atoms with Gasteiger partial charge in [-0.25, -0.2) is 12.7 Å². The third kappa shape index (κ3) is 2.18. The fraction of sp³-hybridized carbons (Fsp3) is 1.00. The summed E-state index contributed by atoms with van der Waals surface area (Å²) in [6, 6.07) is 0. The van der Waals surface area contributed by atoms with E-state index < -0.39 is 10.0 Å². The highest BCUT2D eigenvalue weighted by Gasteiger charge is 2.28. The molecule has 1 fully saturated rings. The highest BCUT2D eigenvalue weighted by Crippen LogP contribution is 2.18. The van der Waals surface area contributed by atoms with Crippen LogP contribution in [0.1, 0.15) is 13.3 Å². The van der Waals surface area contributed by atoms with Crippen molar-refractivity contribution in [2.24, 2.45) is 5.92 Å². The van der Waals surface area contributed by atoms with Crippen molar-refractivity contribution < 1.29 is 13.5 Å². The van der Waals surface area contributed by atoms with Crippen LogP contribution in [0.5, 0.6) is 0 Å². The van der Waals surface area contributed by atoms with Gasteiger partial charge in [0.2, 0.25) is 10.0 Å². The van der Waals surface area contributed by atoms with Gasteiger partial charge in [-0.2, -0.15) is 0 Å². The van der Waals surface area contributed by atoms with E-state index in [1.54, 1.807) is 0 Å². The summed E-state index contributed by atoms with van der Waals surface area (Å²) in [5.74, 6) is 0.318. The van der Waals surface area contributed by atoms with Gasteiger partial charge in [-0.05, 0) is 12.3 Å². The molecule has 0 aliphatic carbocycles. The zero-order chi connectivity index (χ0) is 9.19. The molecule has 1 atom stereocenters. The lowest BCUT2D eigenvalue weighted by Crippen LogP contribution is -2.31. The van der Waals surface area contributed by atoms with Crippen LogP contribution in [0, 0.1) is 5.92 Å². The molecule has 0 radical (unpaired) electrons. The number of aliphatic hydroxyl groups is 1. The molecule has 4 nitrogen and oxygen atoms in total. The van der Waals surface area contributed by atoms with Gasteiger partial charge < -0.3 is 5.11 Å². The molecule has 0 spiro atoms. The van der Waals surface area contributed by atoms with Crippen molar-refractivity contribution in [3.63, 3.8) is 0 Å². The van der Waals surface area contributed by atoms with E-state index in [0.29, 0.717) is 19.0 Å². The zero-order valence-electron chi connectivity index (χ0n) is 7.23. The van der Waals surface area contributed by atoms with E-state index in [1.165, 1.54) is 4.31 Å². The Morgan fingerprint density at radius 3 is 2.67 bits per heavy atom. The van der Waals surface area contributed by atoms with Gasteiger partial charge in [0.25, 0.3) is 0 Å². The van der Waals surface area contributed by atoms with Crippen LogP contribution < -0.4 is 0 Å². The lowest BCUT2D eigenvalue weighted by atomic mass is 10.2. The summed E-state index contributed by atoms with van der Waals surface area (Å²) < 4.78 is 24.2. The first-order valence-electron chi connectivity index (χ1n) is 4.15. The number of rotatable bonds is 3. The van der Waals surface area contributed by atoms with Crippen LogP contribution in [-0.4, -0.2) is 43.3 Å². The van der Waals surface area contributed by atoms with Crippen molar-refractivity contribution >= 4 is 10.0 Å². The molecule has 1 aliphatic heterocycles. The van der Waals surface area contributed by atoms with Gasteiger partial charge in [0.15, 0.2) is 0 Å². The molecule has 1 rings (SSSR count). The van der Waals surface area contributed by atoms with Crippen LogP contribution >= 0.6 is 0 Å². The highest BCUT2D eigenvalue weighted by molar-refractivity contribution is 7.89. The van der Waals surface area contributed by atoms with Gasteiger partial charge in [0, 0.05) is 13.1 Å². The smallest absolute Gasteiger partial charge is 0.216 e. The van der Waals surface area contributed by atoms with Crippen LogP contribution in [0.3, 0.4) is 0 Å². The van der Waals surface area contributed by atoms with Crippen molar-refractivity contribution in [2.45, 2.75) is 13.3 Å². The third-order valence-corrected chi connectivity index (χ3v) is 3.95. The molecule has 0 aromatic carbocycles. The first-order chi connectivity index (χ1) is 5.56. The molecule has 0 bridgehead atoms. The average Bonchev–Trinajstić information content (AvgIpc) is 2.36. The Bertz CT molecular complexity index is 237. The van der Waals surface area contributed by atoms with E-state index in [9.17, 15) is 8.42 Å². The number of sulfonamides is 1. The number of hydrogen-bond acceptors (Lipinski definition) is 3. The molecule has 12 heavy (non-hydrogen) atoms. The van der Waals surface area contributed by atoms with Crippen molar-refractivity contribution in [1.82, 2.24) is 4.31 Å². The van der Waals surface area contributed by atoms with Gasteiger partial charge >= 0.3 is 0 Å². The summed E-state index contributed by atoms with van der Waals surface area (Å²) in [7, 11) is -3.16. The summed E-state index contributed by atoms with van der Waals surface area (Å²) in [6.07, 6.45) is 0.935. The predicted molar refractivity (Wildman–Crippen MR) is 46.2 cm³/mol. The van der Waals surface area contributed by atoms with E-state index in [4.69, 9.17) is 5.11 Å². The van der Waals surface area contributed by atoms with E-state index >= 15 is 0 Å². The molecule has 1 N–H and O–H groups in total. The fourth-order valence-corrected chi connectivity index (χ4v) is 2.75. The van der Waals surface area contributed by atoms with Crippen molar-refractivity contribution in [3.8, 4) is 0 Å². The lowest BCUT2D eigenvalue weighted by Gasteiger charge is -2.14. The summed E-state index contributed by atoms with van der Waals surface area (Å²) in [4.78, 5) is 0. The third-order valence-electron chi connectivity index (χ3n) is 2.13. The molecular formula is C7H15NO3S. The Hall–Kier alpha value is -0.130. The zero-order valence-corrected chi connectivity index (χ0v) is 8.05. The van der Waals surface area contributed by atoms with Crippen LogP contribution in [0.25, 0.3) is 0 Å². The Morgan fingerprint density at radius 2 is 2.25 bits per heavy atom. The molecule has 0 aromatic rings. The average molecular weight is 193 g/mol. The van der Waals surface area contributed by atoms with Gasteiger partial charge in [0.1, 0.15) is 0 Å². The summed E-state index contributed by atoms with van der Waals surface area (Å²) in [6.45, 7) is 2.98. The lowest BCUT2D eigenvalue weighted by molar-refractivity contribution is 0.316. The molecule has 1 unspecified atom stereocenters. The second-order valence-corrected chi connectivity index (χ2v) is 5.38. The molecule has 1 aliphatic rings. The maximum Gasteiger partial charge on any atom is 0.216 e. The van der Waals surface area contributed by atoms with Crippen LogP contribution in [0.4, 0.5) is 0 Å². The summed E-state index contributed by atoms with van der Waals surface area (Å²) in [5.41, 5.74) is 0. The normalized spacial score (nSPS) is 26.3. The monoisotopic (exact) mass is 193 g/mol. The van der Waals surface area contributed by atoms with Crippen molar-refractivity contribution in [1.29, 1.82) is 0 Å². The molecule has 0 aromatic heterocycles. The first kappa shape index (κ1) is 9.95.